The van der Waals surface area contributed by atoms with E-state index in [0.29, 0.717) is 11.7 Å². The summed E-state index contributed by atoms with van der Waals surface area (Å²) >= 11 is 0. The minimum atomic E-state index is -1.05. The Balaban J connectivity index is 1.81. The molecule has 0 bridgehead atoms. The molecule has 1 aliphatic rings. The van der Waals surface area contributed by atoms with Gasteiger partial charge in [-0.3, -0.25) is 0 Å². The average Bonchev–Trinajstić information content (AvgIpc) is 2.38. The van der Waals surface area contributed by atoms with E-state index in [1.165, 1.54) is 18.9 Å². The number of nitrogens with one attached hydrogen (secondary N) is 1. The summed E-state index contributed by atoms with van der Waals surface area (Å²) < 4.78 is 0. The van der Waals surface area contributed by atoms with Gasteiger partial charge in [0, 0.05) is 6.54 Å². The van der Waals surface area contributed by atoms with Gasteiger partial charge in [-0.15, -0.1) is 10.2 Å². The summed E-state index contributed by atoms with van der Waals surface area (Å²) in [5.41, 5.74) is -0.0279. The molecule has 98 valence electrons. The Morgan fingerprint density at radius 2 is 2.17 bits per heavy atom. The van der Waals surface area contributed by atoms with E-state index in [1.807, 2.05) is 0 Å². The van der Waals surface area contributed by atoms with Crippen molar-refractivity contribution in [1.82, 2.24) is 15.1 Å². The van der Waals surface area contributed by atoms with Crippen molar-refractivity contribution >= 4 is 11.8 Å². The lowest BCUT2D eigenvalue weighted by molar-refractivity contribution is 0.0689. The monoisotopic (exact) mass is 250 g/mol. The van der Waals surface area contributed by atoms with Crippen LogP contribution in [0.5, 0.6) is 0 Å². The molecular weight excluding hydrogens is 232 g/mol. The first kappa shape index (κ1) is 12.8. The maximum absolute atomic E-state index is 10.6. The van der Waals surface area contributed by atoms with Gasteiger partial charge in [0.15, 0.2) is 5.69 Å². The average molecular weight is 250 g/mol. The Bertz CT molecular complexity index is 399. The summed E-state index contributed by atoms with van der Waals surface area (Å²) in [7, 11) is 2.14. The first-order valence-electron chi connectivity index (χ1n) is 6.14. The molecule has 6 nitrogen and oxygen atoms in total. The van der Waals surface area contributed by atoms with Crippen LogP contribution in [-0.4, -0.2) is 52.9 Å². The van der Waals surface area contributed by atoms with Gasteiger partial charge in [0.05, 0.1) is 0 Å². The number of nitrogens with zero attached hydrogens (tertiary/aromatic N) is 3. The lowest BCUT2D eigenvalue weighted by Gasteiger charge is -2.28. The molecule has 0 amide bonds. The summed E-state index contributed by atoms with van der Waals surface area (Å²) in [6.07, 6.45) is 2.37. The lowest BCUT2D eigenvalue weighted by atomic mass is 9.97. The molecule has 2 rings (SSSR count). The van der Waals surface area contributed by atoms with Crippen molar-refractivity contribution in [2.24, 2.45) is 5.92 Å². The number of piperidine rings is 1. The van der Waals surface area contributed by atoms with E-state index in [9.17, 15) is 4.79 Å². The number of rotatable bonds is 4. The van der Waals surface area contributed by atoms with E-state index in [0.717, 1.165) is 19.6 Å². The van der Waals surface area contributed by atoms with Crippen molar-refractivity contribution in [3.05, 3.63) is 17.8 Å². The minimum absolute atomic E-state index is 0.0279. The zero-order valence-corrected chi connectivity index (χ0v) is 10.5. The second-order valence-corrected chi connectivity index (χ2v) is 4.74. The van der Waals surface area contributed by atoms with Crippen LogP contribution >= 0.6 is 0 Å². The smallest absolute Gasteiger partial charge is 0.356 e. The van der Waals surface area contributed by atoms with Crippen molar-refractivity contribution in [2.75, 3.05) is 32.0 Å². The third-order valence-electron chi connectivity index (χ3n) is 3.29. The number of likely N-dealkylation sites (tertiary alicyclic amines) is 1. The Morgan fingerprint density at radius 1 is 1.44 bits per heavy atom. The first-order valence-corrected chi connectivity index (χ1v) is 6.14. The number of hydrogen-bond donors (Lipinski definition) is 2. The predicted molar refractivity (Wildman–Crippen MR) is 67.7 cm³/mol. The molecule has 2 N–H and O–H groups in total. The molecule has 1 fully saturated rings. The predicted octanol–water partition coefficient (Wildman–Crippen LogP) is 0.928. The van der Waals surface area contributed by atoms with Crippen molar-refractivity contribution in [1.29, 1.82) is 0 Å². The highest BCUT2D eigenvalue weighted by molar-refractivity contribution is 5.85. The Morgan fingerprint density at radius 3 is 2.72 bits per heavy atom. The molecule has 0 aliphatic carbocycles. The van der Waals surface area contributed by atoms with Gasteiger partial charge in [-0.1, -0.05) is 0 Å². The molecule has 0 aromatic carbocycles. The van der Waals surface area contributed by atoms with Crippen LogP contribution in [0.25, 0.3) is 0 Å². The second kappa shape index (κ2) is 5.77. The zero-order valence-electron chi connectivity index (χ0n) is 10.5. The van der Waals surface area contributed by atoms with E-state index in [2.05, 4.69) is 27.5 Å². The van der Waals surface area contributed by atoms with Crippen LogP contribution in [0.3, 0.4) is 0 Å². The molecular formula is C12H18N4O2. The van der Waals surface area contributed by atoms with Gasteiger partial charge in [0.25, 0.3) is 0 Å². The topological polar surface area (TPSA) is 78.4 Å². The summed E-state index contributed by atoms with van der Waals surface area (Å²) in [5.74, 6) is 0.241. The highest BCUT2D eigenvalue weighted by Crippen LogP contribution is 2.16. The lowest BCUT2D eigenvalue weighted by Crippen LogP contribution is -2.33. The maximum Gasteiger partial charge on any atom is 0.356 e. The number of hydrogen-bond acceptors (Lipinski definition) is 5. The first-order chi connectivity index (χ1) is 8.65. The molecule has 0 atom stereocenters. The van der Waals surface area contributed by atoms with Crippen LogP contribution in [0.1, 0.15) is 23.3 Å². The number of carboxylic acid groups (broad SMARTS) is 1. The van der Waals surface area contributed by atoms with E-state index in [1.54, 1.807) is 6.07 Å². The summed E-state index contributed by atoms with van der Waals surface area (Å²) in [6.45, 7) is 3.14. The van der Waals surface area contributed by atoms with Crippen LogP contribution in [0.4, 0.5) is 5.82 Å². The van der Waals surface area contributed by atoms with Crippen LogP contribution in [-0.2, 0) is 0 Å². The van der Waals surface area contributed by atoms with Gasteiger partial charge >= 0.3 is 5.97 Å². The zero-order chi connectivity index (χ0) is 13.0. The molecule has 0 spiro atoms. The number of carboxylic acids is 1. The molecule has 18 heavy (non-hydrogen) atoms. The normalized spacial score (nSPS) is 17.6. The van der Waals surface area contributed by atoms with E-state index in [-0.39, 0.29) is 5.69 Å². The Hall–Kier alpha value is -1.69. The maximum atomic E-state index is 10.6. The van der Waals surface area contributed by atoms with Gasteiger partial charge < -0.3 is 15.3 Å². The van der Waals surface area contributed by atoms with E-state index < -0.39 is 5.97 Å². The molecule has 1 aliphatic heterocycles. The molecule has 0 unspecified atom stereocenters. The quantitative estimate of drug-likeness (QED) is 0.827. The highest BCUT2D eigenvalue weighted by Gasteiger charge is 2.16. The van der Waals surface area contributed by atoms with E-state index in [4.69, 9.17) is 5.11 Å². The number of anilines is 1. The molecule has 1 aromatic rings. The fourth-order valence-corrected chi connectivity index (χ4v) is 2.06. The van der Waals surface area contributed by atoms with E-state index >= 15 is 0 Å². The van der Waals surface area contributed by atoms with Crippen LogP contribution < -0.4 is 5.32 Å². The third-order valence-corrected chi connectivity index (χ3v) is 3.29. The number of aromatic carboxylic acids is 1. The van der Waals surface area contributed by atoms with Gasteiger partial charge in [-0.25, -0.2) is 4.79 Å². The van der Waals surface area contributed by atoms with Crippen molar-refractivity contribution in [3.8, 4) is 0 Å². The largest absolute Gasteiger partial charge is 0.476 e. The van der Waals surface area contributed by atoms with Crippen molar-refractivity contribution in [3.63, 3.8) is 0 Å². The fraction of sp³-hybridized carbons (Fsp3) is 0.583. The SMILES string of the molecule is CN1CCC(CNc2ccc(C(=O)O)nn2)CC1. The molecule has 2 heterocycles. The van der Waals surface area contributed by atoms with Crippen molar-refractivity contribution < 1.29 is 9.90 Å². The molecule has 0 saturated carbocycles. The van der Waals surface area contributed by atoms with Crippen LogP contribution in [0.2, 0.25) is 0 Å². The Labute approximate surface area is 106 Å². The Kier molecular flexibility index (Phi) is 4.09. The van der Waals surface area contributed by atoms with Gasteiger partial charge in [0.2, 0.25) is 0 Å². The standard InChI is InChI=1S/C12H18N4O2/c1-16-6-4-9(5-7-16)8-13-11-3-2-10(12(17)18)14-15-11/h2-3,9H,4-8H2,1H3,(H,13,15)(H,17,18). The van der Waals surface area contributed by atoms with Gasteiger partial charge in [0.1, 0.15) is 5.82 Å². The summed E-state index contributed by atoms with van der Waals surface area (Å²) in [4.78, 5) is 13.0. The van der Waals surface area contributed by atoms with Gasteiger partial charge in [-0.2, -0.15) is 0 Å². The second-order valence-electron chi connectivity index (χ2n) is 4.74. The summed E-state index contributed by atoms with van der Waals surface area (Å²) in [6, 6.07) is 3.12. The molecule has 6 heteroatoms. The summed E-state index contributed by atoms with van der Waals surface area (Å²) in [5, 5.41) is 19.4. The van der Waals surface area contributed by atoms with Crippen molar-refractivity contribution in [2.45, 2.75) is 12.8 Å². The third kappa shape index (κ3) is 3.40. The molecule has 1 saturated heterocycles. The molecule has 0 radical (unpaired) electrons. The minimum Gasteiger partial charge on any atom is -0.476 e. The molecule has 1 aromatic heterocycles. The van der Waals surface area contributed by atoms with Gasteiger partial charge in [-0.05, 0) is 51.0 Å². The number of aromatic nitrogens is 2. The highest BCUT2D eigenvalue weighted by atomic mass is 16.4. The number of carbonyl (C=O) groups is 1. The fourth-order valence-electron chi connectivity index (χ4n) is 2.06. The van der Waals surface area contributed by atoms with Crippen LogP contribution in [0, 0.1) is 5.92 Å². The van der Waals surface area contributed by atoms with Crippen LogP contribution in [0.15, 0.2) is 12.1 Å².